The standard InChI is InChI=1S/C13H18N2O3/c1-2-15-10(8-13(14)16)9-3-4-11-12(7-9)18-6-5-17-11/h3-4,7,10,15H,2,5-6,8H2,1H3,(H2,14,16). The van der Waals surface area contributed by atoms with Gasteiger partial charge in [0.1, 0.15) is 13.2 Å². The number of ether oxygens (including phenoxy) is 2. The Hall–Kier alpha value is -1.75. The molecule has 1 heterocycles. The maximum Gasteiger partial charge on any atom is 0.219 e. The van der Waals surface area contributed by atoms with Crippen LogP contribution in [-0.2, 0) is 4.79 Å². The van der Waals surface area contributed by atoms with Crippen LogP contribution in [0, 0.1) is 0 Å². The molecule has 1 atom stereocenters. The number of hydrogen-bond acceptors (Lipinski definition) is 4. The molecule has 1 amide bonds. The van der Waals surface area contributed by atoms with Crippen LogP contribution >= 0.6 is 0 Å². The number of carbonyl (C=O) groups excluding carboxylic acids is 1. The molecule has 0 saturated carbocycles. The van der Waals surface area contributed by atoms with Crippen LogP contribution in [0.1, 0.15) is 24.9 Å². The molecule has 0 radical (unpaired) electrons. The molecule has 0 bridgehead atoms. The summed E-state index contributed by atoms with van der Waals surface area (Å²) in [7, 11) is 0. The van der Waals surface area contributed by atoms with E-state index in [0.29, 0.717) is 13.2 Å². The highest BCUT2D eigenvalue weighted by Crippen LogP contribution is 2.33. The summed E-state index contributed by atoms with van der Waals surface area (Å²) < 4.78 is 11.0. The monoisotopic (exact) mass is 250 g/mol. The van der Waals surface area contributed by atoms with Gasteiger partial charge in [0.05, 0.1) is 0 Å². The van der Waals surface area contributed by atoms with Crippen molar-refractivity contribution in [3.05, 3.63) is 23.8 Å². The van der Waals surface area contributed by atoms with Crippen molar-refractivity contribution in [3.63, 3.8) is 0 Å². The molecule has 0 spiro atoms. The molecular weight excluding hydrogens is 232 g/mol. The first-order chi connectivity index (χ1) is 8.70. The molecule has 5 heteroatoms. The van der Waals surface area contributed by atoms with E-state index in [4.69, 9.17) is 15.2 Å². The van der Waals surface area contributed by atoms with Gasteiger partial charge >= 0.3 is 0 Å². The molecule has 1 aromatic carbocycles. The van der Waals surface area contributed by atoms with Crippen molar-refractivity contribution in [2.45, 2.75) is 19.4 Å². The van der Waals surface area contributed by atoms with Gasteiger partial charge in [0, 0.05) is 12.5 Å². The number of carbonyl (C=O) groups is 1. The van der Waals surface area contributed by atoms with E-state index in [9.17, 15) is 4.79 Å². The van der Waals surface area contributed by atoms with Crippen molar-refractivity contribution in [1.82, 2.24) is 5.32 Å². The average molecular weight is 250 g/mol. The SMILES string of the molecule is CCNC(CC(N)=O)c1ccc2c(c1)OCCO2. The number of fused-ring (bicyclic) bond motifs is 1. The summed E-state index contributed by atoms with van der Waals surface area (Å²) in [5.41, 5.74) is 6.25. The second-order valence-electron chi connectivity index (χ2n) is 4.18. The summed E-state index contributed by atoms with van der Waals surface area (Å²) in [6.45, 7) is 3.89. The third-order valence-electron chi connectivity index (χ3n) is 2.82. The second-order valence-corrected chi connectivity index (χ2v) is 4.18. The van der Waals surface area contributed by atoms with Gasteiger partial charge in [0.2, 0.25) is 5.91 Å². The van der Waals surface area contributed by atoms with Gasteiger partial charge in [0.25, 0.3) is 0 Å². The molecule has 1 aliphatic heterocycles. The summed E-state index contributed by atoms with van der Waals surface area (Å²) in [6, 6.07) is 5.63. The van der Waals surface area contributed by atoms with Gasteiger partial charge in [-0.15, -0.1) is 0 Å². The smallest absolute Gasteiger partial charge is 0.219 e. The topological polar surface area (TPSA) is 73.6 Å². The Bertz CT molecular complexity index is 434. The Labute approximate surface area is 106 Å². The lowest BCUT2D eigenvalue weighted by Gasteiger charge is -2.22. The molecule has 1 aliphatic rings. The third-order valence-corrected chi connectivity index (χ3v) is 2.82. The largest absolute Gasteiger partial charge is 0.486 e. The van der Waals surface area contributed by atoms with Crippen LogP contribution in [0.15, 0.2) is 18.2 Å². The molecule has 3 N–H and O–H groups in total. The van der Waals surface area contributed by atoms with Gasteiger partial charge in [-0.2, -0.15) is 0 Å². The summed E-state index contributed by atoms with van der Waals surface area (Å²) in [4.78, 5) is 11.1. The Kier molecular flexibility index (Phi) is 4.04. The fraction of sp³-hybridized carbons (Fsp3) is 0.462. The predicted molar refractivity (Wildman–Crippen MR) is 67.7 cm³/mol. The summed E-state index contributed by atoms with van der Waals surface area (Å²) in [6.07, 6.45) is 0.271. The summed E-state index contributed by atoms with van der Waals surface area (Å²) in [5.74, 6) is 1.15. The van der Waals surface area contributed by atoms with E-state index in [1.165, 1.54) is 0 Å². The predicted octanol–water partition coefficient (Wildman–Crippen LogP) is 0.984. The van der Waals surface area contributed by atoms with E-state index in [1.807, 2.05) is 25.1 Å². The van der Waals surface area contributed by atoms with E-state index < -0.39 is 0 Å². The van der Waals surface area contributed by atoms with E-state index in [-0.39, 0.29) is 18.4 Å². The van der Waals surface area contributed by atoms with Crippen LogP contribution in [-0.4, -0.2) is 25.7 Å². The Balaban J connectivity index is 2.21. The van der Waals surface area contributed by atoms with E-state index in [2.05, 4.69) is 5.32 Å². The van der Waals surface area contributed by atoms with Crippen molar-refractivity contribution in [3.8, 4) is 11.5 Å². The van der Waals surface area contributed by atoms with E-state index in [0.717, 1.165) is 23.6 Å². The summed E-state index contributed by atoms with van der Waals surface area (Å²) in [5, 5.41) is 3.24. The zero-order chi connectivity index (χ0) is 13.0. The minimum atomic E-state index is -0.323. The molecule has 98 valence electrons. The first kappa shape index (κ1) is 12.7. The van der Waals surface area contributed by atoms with Crippen LogP contribution in [0.25, 0.3) is 0 Å². The van der Waals surface area contributed by atoms with Crippen molar-refractivity contribution in [2.75, 3.05) is 19.8 Å². The Morgan fingerprint density at radius 1 is 1.39 bits per heavy atom. The van der Waals surface area contributed by atoms with Crippen molar-refractivity contribution < 1.29 is 14.3 Å². The second kappa shape index (κ2) is 5.73. The maximum absolute atomic E-state index is 11.1. The lowest BCUT2D eigenvalue weighted by atomic mass is 10.0. The number of primary amides is 1. The first-order valence-electron chi connectivity index (χ1n) is 6.12. The van der Waals surface area contributed by atoms with Crippen molar-refractivity contribution in [1.29, 1.82) is 0 Å². The van der Waals surface area contributed by atoms with Gasteiger partial charge in [-0.3, -0.25) is 4.79 Å². The number of amides is 1. The minimum absolute atomic E-state index is 0.0803. The van der Waals surface area contributed by atoms with Crippen LogP contribution in [0.2, 0.25) is 0 Å². The molecule has 18 heavy (non-hydrogen) atoms. The number of hydrogen-bond donors (Lipinski definition) is 2. The molecule has 5 nitrogen and oxygen atoms in total. The lowest BCUT2D eigenvalue weighted by Crippen LogP contribution is -2.26. The third kappa shape index (κ3) is 2.92. The normalized spacial score (nSPS) is 15.2. The molecule has 0 aliphatic carbocycles. The highest BCUT2D eigenvalue weighted by atomic mass is 16.6. The Morgan fingerprint density at radius 2 is 2.11 bits per heavy atom. The first-order valence-corrected chi connectivity index (χ1v) is 6.12. The molecule has 2 rings (SSSR count). The van der Waals surface area contributed by atoms with Crippen LogP contribution < -0.4 is 20.5 Å². The quantitative estimate of drug-likeness (QED) is 0.817. The molecule has 1 unspecified atom stereocenters. The van der Waals surface area contributed by atoms with Gasteiger partial charge < -0.3 is 20.5 Å². The van der Waals surface area contributed by atoms with Gasteiger partial charge in [-0.1, -0.05) is 13.0 Å². The number of benzene rings is 1. The highest BCUT2D eigenvalue weighted by molar-refractivity contribution is 5.74. The lowest BCUT2D eigenvalue weighted by molar-refractivity contribution is -0.118. The van der Waals surface area contributed by atoms with Gasteiger partial charge in [-0.25, -0.2) is 0 Å². The van der Waals surface area contributed by atoms with Crippen molar-refractivity contribution in [2.24, 2.45) is 5.73 Å². The zero-order valence-corrected chi connectivity index (χ0v) is 10.4. The molecule has 0 fully saturated rings. The zero-order valence-electron chi connectivity index (χ0n) is 10.4. The van der Waals surface area contributed by atoms with Crippen LogP contribution in [0.5, 0.6) is 11.5 Å². The fourth-order valence-electron chi connectivity index (χ4n) is 2.03. The summed E-state index contributed by atoms with van der Waals surface area (Å²) >= 11 is 0. The van der Waals surface area contributed by atoms with Gasteiger partial charge in [0.15, 0.2) is 11.5 Å². The molecule has 1 aromatic rings. The number of rotatable bonds is 5. The molecular formula is C13H18N2O3. The number of nitrogens with one attached hydrogen (secondary N) is 1. The average Bonchev–Trinajstić information content (AvgIpc) is 2.37. The maximum atomic E-state index is 11.1. The van der Waals surface area contributed by atoms with Crippen molar-refractivity contribution >= 4 is 5.91 Å². The number of nitrogens with two attached hydrogens (primary N) is 1. The fourth-order valence-corrected chi connectivity index (χ4v) is 2.03. The molecule has 0 aromatic heterocycles. The minimum Gasteiger partial charge on any atom is -0.486 e. The highest BCUT2D eigenvalue weighted by Gasteiger charge is 2.17. The van der Waals surface area contributed by atoms with E-state index >= 15 is 0 Å². The molecule has 0 saturated heterocycles. The van der Waals surface area contributed by atoms with Gasteiger partial charge in [-0.05, 0) is 24.2 Å². The van der Waals surface area contributed by atoms with E-state index in [1.54, 1.807) is 0 Å². The van der Waals surface area contributed by atoms with Crippen LogP contribution in [0.4, 0.5) is 0 Å². The van der Waals surface area contributed by atoms with Crippen LogP contribution in [0.3, 0.4) is 0 Å². The Morgan fingerprint density at radius 3 is 2.78 bits per heavy atom.